The number of rotatable bonds is 5. The molecule has 3 rings (SSSR count). The minimum Gasteiger partial charge on any atom is -0.496 e. The Kier molecular flexibility index (Phi) is 6.30. The highest BCUT2D eigenvalue weighted by Crippen LogP contribution is 2.17. The van der Waals surface area contributed by atoms with E-state index >= 15 is 0 Å². The fraction of sp³-hybridized carbons (Fsp3) is 0.333. The highest BCUT2D eigenvalue weighted by atomic mass is 16.5. The lowest BCUT2D eigenvalue weighted by Crippen LogP contribution is -2.52. The first kappa shape index (κ1) is 18.8. The standard InChI is InChI=1S/C21H25N3O3/c1-27-19-10-6-5-7-17(19)11-12-22-20(25)21(26)24-15-13-23(14-16-24)18-8-3-2-4-9-18/h2-10H,11-16H2,1H3,(H,22,25). The van der Waals surface area contributed by atoms with E-state index in [1.54, 1.807) is 12.0 Å². The molecule has 2 amide bonds. The van der Waals surface area contributed by atoms with E-state index < -0.39 is 11.8 Å². The van der Waals surface area contributed by atoms with E-state index in [4.69, 9.17) is 4.74 Å². The quantitative estimate of drug-likeness (QED) is 0.817. The van der Waals surface area contributed by atoms with Crippen LogP contribution in [0.25, 0.3) is 0 Å². The monoisotopic (exact) mass is 367 g/mol. The van der Waals surface area contributed by atoms with Crippen LogP contribution in [0.15, 0.2) is 54.6 Å². The molecule has 0 atom stereocenters. The van der Waals surface area contributed by atoms with Gasteiger partial charge in [-0.2, -0.15) is 0 Å². The van der Waals surface area contributed by atoms with Gasteiger partial charge < -0.3 is 19.9 Å². The summed E-state index contributed by atoms with van der Waals surface area (Å²) in [5, 5.41) is 2.72. The normalized spacial score (nSPS) is 14.0. The maximum atomic E-state index is 12.4. The van der Waals surface area contributed by atoms with Crippen molar-refractivity contribution in [3.05, 3.63) is 60.2 Å². The highest BCUT2D eigenvalue weighted by molar-refractivity contribution is 6.35. The smallest absolute Gasteiger partial charge is 0.312 e. The molecular weight excluding hydrogens is 342 g/mol. The van der Waals surface area contributed by atoms with Gasteiger partial charge in [-0.05, 0) is 30.2 Å². The Morgan fingerprint density at radius 3 is 2.33 bits per heavy atom. The number of carbonyl (C=O) groups is 2. The summed E-state index contributed by atoms with van der Waals surface area (Å²) in [7, 11) is 1.62. The number of methoxy groups -OCH3 is 1. The Labute approximate surface area is 159 Å². The van der Waals surface area contributed by atoms with Crippen molar-refractivity contribution in [2.24, 2.45) is 0 Å². The van der Waals surface area contributed by atoms with Crippen LogP contribution in [0.5, 0.6) is 5.75 Å². The predicted molar refractivity (Wildman–Crippen MR) is 105 cm³/mol. The number of benzene rings is 2. The Morgan fingerprint density at radius 2 is 1.63 bits per heavy atom. The van der Waals surface area contributed by atoms with Gasteiger partial charge in [-0.25, -0.2) is 0 Å². The van der Waals surface area contributed by atoms with Gasteiger partial charge in [0.1, 0.15) is 5.75 Å². The fourth-order valence-electron chi connectivity index (χ4n) is 3.25. The third-order valence-electron chi connectivity index (χ3n) is 4.75. The van der Waals surface area contributed by atoms with E-state index in [-0.39, 0.29) is 0 Å². The Bertz CT molecular complexity index is 771. The summed E-state index contributed by atoms with van der Waals surface area (Å²) in [5.74, 6) is -0.212. The van der Waals surface area contributed by atoms with Crippen LogP contribution in [-0.2, 0) is 16.0 Å². The van der Waals surface area contributed by atoms with E-state index in [1.165, 1.54) is 0 Å². The minimum absolute atomic E-state index is 0.398. The first-order valence-electron chi connectivity index (χ1n) is 9.18. The first-order chi connectivity index (χ1) is 13.2. The zero-order valence-corrected chi connectivity index (χ0v) is 15.6. The van der Waals surface area contributed by atoms with Gasteiger partial charge in [-0.15, -0.1) is 0 Å². The molecule has 1 saturated heterocycles. The van der Waals surface area contributed by atoms with Gasteiger partial charge in [0.25, 0.3) is 0 Å². The van der Waals surface area contributed by atoms with Crippen LogP contribution in [0.1, 0.15) is 5.56 Å². The molecule has 2 aromatic rings. The molecule has 0 aromatic heterocycles. The number of hydrogen-bond acceptors (Lipinski definition) is 4. The summed E-state index contributed by atoms with van der Waals surface area (Å²) >= 11 is 0. The first-order valence-corrected chi connectivity index (χ1v) is 9.18. The number of piperazine rings is 1. The summed E-state index contributed by atoms with van der Waals surface area (Å²) in [6, 6.07) is 17.8. The van der Waals surface area contributed by atoms with Gasteiger partial charge in [0.05, 0.1) is 7.11 Å². The van der Waals surface area contributed by atoms with E-state index in [1.807, 2.05) is 42.5 Å². The lowest BCUT2D eigenvalue weighted by atomic mass is 10.1. The van der Waals surface area contributed by atoms with Gasteiger partial charge >= 0.3 is 11.8 Å². The fourth-order valence-corrected chi connectivity index (χ4v) is 3.25. The third kappa shape index (κ3) is 4.78. The molecule has 1 heterocycles. The minimum atomic E-state index is -0.543. The molecular formula is C21H25N3O3. The Balaban J connectivity index is 1.45. The topological polar surface area (TPSA) is 61.9 Å². The molecule has 1 aliphatic rings. The Morgan fingerprint density at radius 1 is 0.963 bits per heavy atom. The molecule has 0 unspecified atom stereocenters. The molecule has 142 valence electrons. The number of anilines is 1. The summed E-state index contributed by atoms with van der Waals surface area (Å²) in [4.78, 5) is 28.4. The summed E-state index contributed by atoms with van der Waals surface area (Å²) in [5.41, 5.74) is 2.15. The third-order valence-corrected chi connectivity index (χ3v) is 4.75. The molecule has 1 aliphatic heterocycles. The van der Waals surface area contributed by atoms with Crippen molar-refractivity contribution in [1.29, 1.82) is 0 Å². The van der Waals surface area contributed by atoms with Crippen molar-refractivity contribution in [3.63, 3.8) is 0 Å². The van der Waals surface area contributed by atoms with Gasteiger partial charge in [0, 0.05) is 38.4 Å². The predicted octanol–water partition coefficient (Wildman–Crippen LogP) is 1.70. The van der Waals surface area contributed by atoms with Gasteiger partial charge in [0.2, 0.25) is 0 Å². The van der Waals surface area contributed by atoms with Crippen molar-refractivity contribution < 1.29 is 14.3 Å². The average Bonchev–Trinajstić information content (AvgIpc) is 2.74. The number of nitrogens with zero attached hydrogens (tertiary/aromatic N) is 2. The van der Waals surface area contributed by atoms with Crippen molar-refractivity contribution in [1.82, 2.24) is 10.2 Å². The molecule has 1 fully saturated rings. The number of amides is 2. The molecule has 1 N–H and O–H groups in total. The van der Waals surface area contributed by atoms with Crippen LogP contribution in [0.3, 0.4) is 0 Å². The SMILES string of the molecule is COc1ccccc1CCNC(=O)C(=O)N1CCN(c2ccccc2)CC1. The van der Waals surface area contributed by atoms with E-state index in [9.17, 15) is 9.59 Å². The second kappa shape index (κ2) is 9.07. The van der Waals surface area contributed by atoms with E-state index in [0.717, 1.165) is 30.1 Å². The summed E-state index contributed by atoms with van der Waals surface area (Å²) in [6.45, 7) is 2.95. The number of carbonyl (C=O) groups excluding carboxylic acids is 2. The second-order valence-corrected chi connectivity index (χ2v) is 6.43. The van der Waals surface area contributed by atoms with E-state index in [0.29, 0.717) is 26.1 Å². The van der Waals surface area contributed by atoms with Crippen LogP contribution < -0.4 is 15.0 Å². The van der Waals surface area contributed by atoms with Crippen LogP contribution in [0.2, 0.25) is 0 Å². The van der Waals surface area contributed by atoms with Crippen molar-refractivity contribution in [3.8, 4) is 5.75 Å². The maximum Gasteiger partial charge on any atom is 0.312 e. The van der Waals surface area contributed by atoms with Crippen molar-refractivity contribution in [2.45, 2.75) is 6.42 Å². The molecule has 27 heavy (non-hydrogen) atoms. The number of nitrogens with one attached hydrogen (secondary N) is 1. The average molecular weight is 367 g/mol. The van der Waals surface area contributed by atoms with Crippen LogP contribution >= 0.6 is 0 Å². The van der Waals surface area contributed by atoms with Crippen LogP contribution in [0, 0.1) is 0 Å². The van der Waals surface area contributed by atoms with Gasteiger partial charge in [-0.1, -0.05) is 36.4 Å². The molecule has 2 aromatic carbocycles. The van der Waals surface area contributed by atoms with Crippen LogP contribution in [0.4, 0.5) is 5.69 Å². The number of ether oxygens (including phenoxy) is 1. The highest BCUT2D eigenvalue weighted by Gasteiger charge is 2.25. The van der Waals surface area contributed by atoms with Crippen molar-refractivity contribution in [2.75, 3.05) is 44.7 Å². The van der Waals surface area contributed by atoms with E-state index in [2.05, 4.69) is 22.3 Å². The summed E-state index contributed by atoms with van der Waals surface area (Å²) < 4.78 is 5.30. The molecule has 0 radical (unpaired) electrons. The Hall–Kier alpha value is -3.02. The summed E-state index contributed by atoms with van der Waals surface area (Å²) in [6.07, 6.45) is 0.616. The maximum absolute atomic E-state index is 12.4. The van der Waals surface area contributed by atoms with Crippen LogP contribution in [-0.4, -0.2) is 56.5 Å². The van der Waals surface area contributed by atoms with Gasteiger partial charge in [-0.3, -0.25) is 9.59 Å². The zero-order chi connectivity index (χ0) is 19.1. The largest absolute Gasteiger partial charge is 0.496 e. The zero-order valence-electron chi connectivity index (χ0n) is 15.6. The number of hydrogen-bond donors (Lipinski definition) is 1. The lowest BCUT2D eigenvalue weighted by Gasteiger charge is -2.35. The second-order valence-electron chi connectivity index (χ2n) is 6.43. The molecule has 0 saturated carbocycles. The molecule has 0 spiro atoms. The lowest BCUT2D eigenvalue weighted by molar-refractivity contribution is -0.146. The molecule has 0 bridgehead atoms. The van der Waals surface area contributed by atoms with Crippen molar-refractivity contribution >= 4 is 17.5 Å². The molecule has 6 nitrogen and oxygen atoms in total. The molecule has 6 heteroatoms. The molecule has 0 aliphatic carbocycles. The number of para-hydroxylation sites is 2. The van der Waals surface area contributed by atoms with Gasteiger partial charge in [0.15, 0.2) is 0 Å².